The first-order chi connectivity index (χ1) is 9.72. The Kier molecular flexibility index (Phi) is 5.14. The number of carbonyl (C=O) groups excluding carboxylic acids is 1. The third kappa shape index (κ3) is 3.58. The second-order valence-corrected chi connectivity index (χ2v) is 5.29. The molecule has 4 nitrogen and oxygen atoms in total. The summed E-state index contributed by atoms with van der Waals surface area (Å²) in [6.45, 7) is 2.13. The van der Waals surface area contributed by atoms with Gasteiger partial charge in [-0.25, -0.2) is 0 Å². The lowest BCUT2D eigenvalue weighted by Crippen LogP contribution is -2.38. The van der Waals surface area contributed by atoms with Crippen LogP contribution in [0.1, 0.15) is 30.9 Å². The molecule has 1 aromatic rings. The van der Waals surface area contributed by atoms with Crippen LogP contribution in [0, 0.1) is 11.3 Å². The van der Waals surface area contributed by atoms with Crippen LogP contribution in [-0.2, 0) is 4.79 Å². The van der Waals surface area contributed by atoms with E-state index in [1.165, 1.54) is 0 Å². The molecule has 0 saturated carbocycles. The standard InChI is InChI=1S/C16H21N3O/c1-18(13-16(20)19-11-5-6-12-19)15(9-10-17)14-7-3-2-4-8-14/h2-4,7-8,15H,5-6,9,11-13H2,1H3. The molecule has 1 atom stereocenters. The van der Waals surface area contributed by atoms with E-state index in [0.29, 0.717) is 13.0 Å². The minimum absolute atomic E-state index is 0.0206. The van der Waals surface area contributed by atoms with Crippen molar-refractivity contribution >= 4 is 5.91 Å². The largest absolute Gasteiger partial charge is 0.342 e. The van der Waals surface area contributed by atoms with Gasteiger partial charge in [0.25, 0.3) is 0 Å². The number of nitrogens with zero attached hydrogens (tertiary/aromatic N) is 3. The average molecular weight is 271 g/mol. The number of hydrogen-bond acceptors (Lipinski definition) is 3. The molecular weight excluding hydrogens is 250 g/mol. The first kappa shape index (κ1) is 14.5. The molecule has 1 fully saturated rings. The highest BCUT2D eigenvalue weighted by Crippen LogP contribution is 2.22. The SMILES string of the molecule is CN(CC(=O)N1CCCC1)C(CC#N)c1ccccc1. The summed E-state index contributed by atoms with van der Waals surface area (Å²) in [7, 11) is 1.92. The predicted molar refractivity (Wildman–Crippen MR) is 77.9 cm³/mol. The van der Waals surface area contributed by atoms with Crippen molar-refractivity contribution in [3.63, 3.8) is 0 Å². The highest BCUT2D eigenvalue weighted by molar-refractivity contribution is 5.78. The number of nitriles is 1. The lowest BCUT2D eigenvalue weighted by atomic mass is 10.0. The summed E-state index contributed by atoms with van der Waals surface area (Å²) in [6, 6.07) is 12.1. The average Bonchev–Trinajstić information content (AvgIpc) is 2.99. The number of rotatable bonds is 5. The van der Waals surface area contributed by atoms with Gasteiger partial charge in [-0.05, 0) is 25.5 Å². The van der Waals surface area contributed by atoms with Crippen molar-refractivity contribution in [1.82, 2.24) is 9.80 Å². The van der Waals surface area contributed by atoms with Crippen LogP contribution >= 0.6 is 0 Å². The number of likely N-dealkylation sites (tertiary alicyclic amines) is 1. The van der Waals surface area contributed by atoms with E-state index in [-0.39, 0.29) is 11.9 Å². The van der Waals surface area contributed by atoms with E-state index in [4.69, 9.17) is 5.26 Å². The molecule has 1 aliphatic heterocycles. The Morgan fingerprint density at radius 2 is 2.00 bits per heavy atom. The molecule has 0 radical (unpaired) electrons. The highest BCUT2D eigenvalue weighted by Gasteiger charge is 2.23. The van der Waals surface area contributed by atoms with Crippen molar-refractivity contribution in [2.45, 2.75) is 25.3 Å². The van der Waals surface area contributed by atoms with Gasteiger partial charge in [-0.15, -0.1) is 0 Å². The predicted octanol–water partition coefficient (Wildman–Crippen LogP) is 2.20. The summed E-state index contributed by atoms with van der Waals surface area (Å²) in [6.07, 6.45) is 2.61. The van der Waals surface area contributed by atoms with Crippen LogP contribution in [-0.4, -0.2) is 42.4 Å². The first-order valence-corrected chi connectivity index (χ1v) is 7.12. The second kappa shape index (κ2) is 7.06. The molecule has 0 aromatic heterocycles. The Labute approximate surface area is 120 Å². The maximum Gasteiger partial charge on any atom is 0.236 e. The molecular formula is C16H21N3O. The smallest absolute Gasteiger partial charge is 0.236 e. The Morgan fingerprint density at radius 3 is 2.60 bits per heavy atom. The molecule has 1 heterocycles. The lowest BCUT2D eigenvalue weighted by Gasteiger charge is -2.28. The quantitative estimate of drug-likeness (QED) is 0.825. The van der Waals surface area contributed by atoms with Crippen LogP contribution in [0.15, 0.2) is 30.3 Å². The molecule has 1 aromatic carbocycles. The van der Waals surface area contributed by atoms with Crippen LogP contribution in [0.25, 0.3) is 0 Å². The Bertz CT molecular complexity index is 474. The van der Waals surface area contributed by atoms with Crippen LogP contribution in [0.5, 0.6) is 0 Å². The summed E-state index contributed by atoms with van der Waals surface area (Å²) in [4.78, 5) is 16.1. The van der Waals surface area contributed by atoms with Gasteiger partial charge in [0, 0.05) is 19.1 Å². The molecule has 1 saturated heterocycles. The first-order valence-electron chi connectivity index (χ1n) is 7.12. The summed E-state index contributed by atoms with van der Waals surface area (Å²) in [5.74, 6) is 0.170. The van der Waals surface area contributed by atoms with Crippen molar-refractivity contribution in [2.24, 2.45) is 0 Å². The Hall–Kier alpha value is -1.86. The third-order valence-electron chi connectivity index (χ3n) is 3.84. The zero-order valence-corrected chi connectivity index (χ0v) is 12.0. The van der Waals surface area contributed by atoms with E-state index in [1.807, 2.05) is 47.2 Å². The summed E-state index contributed by atoms with van der Waals surface area (Å²) < 4.78 is 0. The van der Waals surface area contributed by atoms with Crippen LogP contribution < -0.4 is 0 Å². The normalized spacial score (nSPS) is 16.1. The van der Waals surface area contributed by atoms with E-state index in [1.54, 1.807) is 0 Å². The molecule has 1 amide bonds. The van der Waals surface area contributed by atoms with Gasteiger partial charge in [-0.2, -0.15) is 5.26 Å². The molecule has 0 spiro atoms. The molecule has 1 unspecified atom stereocenters. The molecule has 2 rings (SSSR count). The number of carbonyl (C=O) groups is 1. The molecule has 4 heteroatoms. The fourth-order valence-corrected chi connectivity index (χ4v) is 2.68. The van der Waals surface area contributed by atoms with Gasteiger partial charge in [0.1, 0.15) is 0 Å². The lowest BCUT2D eigenvalue weighted by molar-refractivity contribution is -0.131. The van der Waals surface area contributed by atoms with Crippen molar-refractivity contribution < 1.29 is 4.79 Å². The summed E-state index contributed by atoms with van der Waals surface area (Å²) in [5.41, 5.74) is 1.09. The van der Waals surface area contributed by atoms with Gasteiger partial charge in [0.05, 0.1) is 19.0 Å². The van der Waals surface area contributed by atoms with E-state index in [9.17, 15) is 4.79 Å². The Morgan fingerprint density at radius 1 is 1.35 bits per heavy atom. The van der Waals surface area contributed by atoms with Gasteiger partial charge < -0.3 is 4.90 Å². The zero-order chi connectivity index (χ0) is 14.4. The summed E-state index contributed by atoms with van der Waals surface area (Å²) >= 11 is 0. The monoisotopic (exact) mass is 271 g/mol. The molecule has 20 heavy (non-hydrogen) atoms. The van der Waals surface area contributed by atoms with Crippen molar-refractivity contribution in [3.8, 4) is 6.07 Å². The fourth-order valence-electron chi connectivity index (χ4n) is 2.68. The van der Waals surface area contributed by atoms with Crippen LogP contribution in [0.4, 0.5) is 0 Å². The third-order valence-corrected chi connectivity index (χ3v) is 3.84. The maximum atomic E-state index is 12.2. The minimum atomic E-state index is -0.0206. The Balaban J connectivity index is 2.02. The van der Waals surface area contributed by atoms with Crippen molar-refractivity contribution in [1.29, 1.82) is 5.26 Å². The van der Waals surface area contributed by atoms with E-state index >= 15 is 0 Å². The van der Waals surface area contributed by atoms with E-state index < -0.39 is 0 Å². The van der Waals surface area contributed by atoms with E-state index in [2.05, 4.69) is 6.07 Å². The van der Waals surface area contributed by atoms with Crippen LogP contribution in [0.3, 0.4) is 0 Å². The molecule has 0 bridgehead atoms. The zero-order valence-electron chi connectivity index (χ0n) is 12.0. The van der Waals surface area contributed by atoms with Gasteiger partial charge in [0.2, 0.25) is 5.91 Å². The summed E-state index contributed by atoms with van der Waals surface area (Å²) in [5, 5.41) is 9.02. The van der Waals surface area contributed by atoms with Crippen molar-refractivity contribution in [2.75, 3.05) is 26.7 Å². The van der Waals surface area contributed by atoms with Gasteiger partial charge >= 0.3 is 0 Å². The van der Waals surface area contributed by atoms with Gasteiger partial charge in [-0.1, -0.05) is 30.3 Å². The molecule has 0 N–H and O–H groups in total. The number of amides is 1. The van der Waals surface area contributed by atoms with E-state index in [0.717, 1.165) is 31.5 Å². The van der Waals surface area contributed by atoms with Crippen molar-refractivity contribution in [3.05, 3.63) is 35.9 Å². The fraction of sp³-hybridized carbons (Fsp3) is 0.500. The topological polar surface area (TPSA) is 47.3 Å². The number of likely N-dealkylation sites (N-methyl/N-ethyl adjacent to an activating group) is 1. The van der Waals surface area contributed by atoms with Gasteiger partial charge in [-0.3, -0.25) is 9.69 Å². The molecule has 1 aliphatic rings. The number of benzene rings is 1. The minimum Gasteiger partial charge on any atom is -0.342 e. The molecule has 106 valence electrons. The molecule has 0 aliphatic carbocycles. The van der Waals surface area contributed by atoms with Crippen LogP contribution in [0.2, 0.25) is 0 Å². The van der Waals surface area contributed by atoms with Gasteiger partial charge in [0.15, 0.2) is 0 Å². The maximum absolute atomic E-state index is 12.2. The highest BCUT2D eigenvalue weighted by atomic mass is 16.2. The second-order valence-electron chi connectivity index (χ2n) is 5.29. The number of hydrogen-bond donors (Lipinski definition) is 0.